The SMILES string of the molecule is Cc1ccccc1C[n+]1cccc(-n2c[n+](Cc3ccccc3O[B]O)c3ccccc32)c1. The lowest BCUT2D eigenvalue weighted by Gasteiger charge is -2.07. The molecule has 0 bridgehead atoms. The van der Waals surface area contributed by atoms with E-state index in [0.29, 0.717) is 12.3 Å². The van der Waals surface area contributed by atoms with E-state index in [4.69, 9.17) is 9.68 Å². The summed E-state index contributed by atoms with van der Waals surface area (Å²) < 4.78 is 11.9. The first-order chi connectivity index (χ1) is 16.2. The first-order valence-electron chi connectivity index (χ1n) is 11.0. The highest BCUT2D eigenvalue weighted by Crippen LogP contribution is 2.20. The Bertz CT molecular complexity index is 1410. The molecule has 33 heavy (non-hydrogen) atoms. The van der Waals surface area contributed by atoms with E-state index in [9.17, 15) is 0 Å². The summed E-state index contributed by atoms with van der Waals surface area (Å²) in [7, 11) is 0.726. The van der Waals surface area contributed by atoms with Crippen LogP contribution in [0, 0.1) is 6.92 Å². The highest BCUT2D eigenvalue weighted by molar-refractivity contribution is 6.17. The van der Waals surface area contributed by atoms with E-state index in [-0.39, 0.29) is 0 Å². The Morgan fingerprint density at radius 1 is 0.848 bits per heavy atom. The Morgan fingerprint density at radius 2 is 1.61 bits per heavy atom. The van der Waals surface area contributed by atoms with Gasteiger partial charge < -0.3 is 9.68 Å². The Morgan fingerprint density at radius 3 is 2.45 bits per heavy atom. The highest BCUT2D eigenvalue weighted by atomic mass is 16.5. The van der Waals surface area contributed by atoms with Crippen LogP contribution in [-0.4, -0.2) is 17.3 Å². The zero-order valence-corrected chi connectivity index (χ0v) is 18.5. The van der Waals surface area contributed by atoms with Crippen LogP contribution in [0.4, 0.5) is 0 Å². The van der Waals surface area contributed by atoms with Crippen molar-refractivity contribution in [1.29, 1.82) is 0 Å². The molecule has 5 rings (SSSR count). The minimum Gasteiger partial charge on any atom is -0.537 e. The average Bonchev–Trinajstić information content (AvgIpc) is 3.21. The van der Waals surface area contributed by atoms with Gasteiger partial charge in [-0.1, -0.05) is 54.6 Å². The van der Waals surface area contributed by atoms with Gasteiger partial charge in [0.2, 0.25) is 12.5 Å². The van der Waals surface area contributed by atoms with Gasteiger partial charge in [0.25, 0.3) is 0 Å². The quantitative estimate of drug-likeness (QED) is 0.315. The summed E-state index contributed by atoms with van der Waals surface area (Å²) >= 11 is 0. The fourth-order valence-electron chi connectivity index (χ4n) is 4.23. The minimum absolute atomic E-state index is 0.619. The molecule has 0 atom stereocenters. The molecule has 0 aliphatic carbocycles. The van der Waals surface area contributed by atoms with E-state index in [2.05, 4.69) is 100 Å². The van der Waals surface area contributed by atoms with Crippen molar-refractivity contribution in [3.8, 4) is 11.4 Å². The third kappa shape index (κ3) is 4.38. The normalized spacial score (nSPS) is 11.0. The average molecular weight is 434 g/mol. The first kappa shape index (κ1) is 21.0. The number of benzene rings is 3. The minimum atomic E-state index is 0.619. The predicted molar refractivity (Wildman–Crippen MR) is 128 cm³/mol. The van der Waals surface area contributed by atoms with Gasteiger partial charge in [-0.05, 0) is 36.8 Å². The number of nitrogens with zero attached hydrogens (tertiary/aromatic N) is 3. The third-order valence-electron chi connectivity index (χ3n) is 5.93. The predicted octanol–water partition coefficient (Wildman–Crippen LogP) is 3.52. The Hall–Kier alpha value is -3.90. The van der Waals surface area contributed by atoms with Gasteiger partial charge in [-0.2, -0.15) is 9.13 Å². The van der Waals surface area contributed by atoms with Crippen LogP contribution in [-0.2, 0) is 13.1 Å². The number of aryl methyl sites for hydroxylation is 1. The number of fused-ring (bicyclic) bond motifs is 1. The standard InChI is InChI=1S/C27H25BN3O2/c1-21-9-2-3-10-22(21)17-29-16-8-12-24(19-29)31-20-30(25-13-5-6-14-26(25)31)18-23-11-4-7-15-27(23)33-28-32/h2-16,19-20,32H,17-18H2,1H3/q+2. The van der Waals surface area contributed by atoms with Gasteiger partial charge in [0.15, 0.2) is 29.5 Å². The van der Waals surface area contributed by atoms with Gasteiger partial charge in [0.1, 0.15) is 12.3 Å². The van der Waals surface area contributed by atoms with E-state index in [1.807, 2.05) is 24.3 Å². The number of hydrogen-bond acceptors (Lipinski definition) is 2. The van der Waals surface area contributed by atoms with Gasteiger partial charge in [-0.15, -0.1) is 0 Å². The number of pyridine rings is 1. The third-order valence-corrected chi connectivity index (χ3v) is 5.93. The van der Waals surface area contributed by atoms with Gasteiger partial charge in [-0.3, -0.25) is 0 Å². The first-order valence-corrected chi connectivity index (χ1v) is 11.0. The molecule has 0 unspecified atom stereocenters. The molecule has 0 saturated carbocycles. The van der Waals surface area contributed by atoms with Crippen LogP contribution in [0.2, 0.25) is 0 Å². The lowest BCUT2D eigenvalue weighted by molar-refractivity contribution is -0.688. The zero-order chi connectivity index (χ0) is 22.6. The van der Waals surface area contributed by atoms with Gasteiger partial charge in [0.05, 0.1) is 0 Å². The monoisotopic (exact) mass is 434 g/mol. The molecule has 1 N–H and O–H groups in total. The van der Waals surface area contributed by atoms with Crippen molar-refractivity contribution >= 4 is 18.7 Å². The maximum atomic E-state index is 9.12. The molecule has 5 nitrogen and oxygen atoms in total. The highest BCUT2D eigenvalue weighted by Gasteiger charge is 2.20. The second-order valence-electron chi connectivity index (χ2n) is 8.09. The molecule has 0 amide bonds. The Kier molecular flexibility index (Phi) is 5.92. The summed E-state index contributed by atoms with van der Waals surface area (Å²) in [5, 5.41) is 9.12. The number of para-hydroxylation sites is 3. The van der Waals surface area contributed by atoms with Crippen molar-refractivity contribution in [3.05, 3.63) is 120 Å². The van der Waals surface area contributed by atoms with Crippen molar-refractivity contribution in [3.63, 3.8) is 0 Å². The van der Waals surface area contributed by atoms with E-state index in [0.717, 1.165) is 36.5 Å². The van der Waals surface area contributed by atoms with E-state index in [1.54, 1.807) is 0 Å². The van der Waals surface area contributed by atoms with Crippen molar-refractivity contribution < 1.29 is 18.8 Å². The molecular weight excluding hydrogens is 409 g/mol. The molecule has 0 fully saturated rings. The second kappa shape index (κ2) is 9.31. The molecule has 5 aromatic rings. The fourth-order valence-corrected chi connectivity index (χ4v) is 4.23. The van der Waals surface area contributed by atoms with Crippen LogP contribution < -0.4 is 13.8 Å². The van der Waals surface area contributed by atoms with Gasteiger partial charge in [-0.25, -0.2) is 4.57 Å². The van der Waals surface area contributed by atoms with E-state index < -0.39 is 0 Å². The van der Waals surface area contributed by atoms with Crippen molar-refractivity contribution in [2.24, 2.45) is 0 Å². The molecule has 3 aromatic carbocycles. The van der Waals surface area contributed by atoms with Crippen molar-refractivity contribution in [1.82, 2.24) is 4.57 Å². The molecule has 1 radical (unpaired) electrons. The van der Waals surface area contributed by atoms with Gasteiger partial charge >= 0.3 is 7.69 Å². The maximum Gasteiger partial charge on any atom is 0.569 e. The summed E-state index contributed by atoms with van der Waals surface area (Å²) in [6.45, 7) is 3.59. The fraction of sp³-hybridized carbons (Fsp3) is 0.111. The smallest absolute Gasteiger partial charge is 0.537 e. The largest absolute Gasteiger partial charge is 0.569 e. The van der Waals surface area contributed by atoms with Crippen LogP contribution in [0.3, 0.4) is 0 Å². The summed E-state index contributed by atoms with van der Waals surface area (Å²) in [5.41, 5.74) is 6.92. The Balaban J connectivity index is 1.53. The lowest BCUT2D eigenvalue weighted by Crippen LogP contribution is -2.35. The molecule has 6 heteroatoms. The van der Waals surface area contributed by atoms with Crippen LogP contribution in [0.15, 0.2) is 104 Å². The van der Waals surface area contributed by atoms with Crippen LogP contribution >= 0.6 is 0 Å². The summed E-state index contributed by atoms with van der Waals surface area (Å²) in [4.78, 5) is 0. The number of imidazole rings is 1. The van der Waals surface area contributed by atoms with Crippen molar-refractivity contribution in [2.75, 3.05) is 0 Å². The molecule has 0 aliphatic rings. The topological polar surface area (TPSA) is 42.1 Å². The van der Waals surface area contributed by atoms with Crippen LogP contribution in [0.1, 0.15) is 16.7 Å². The molecule has 0 saturated heterocycles. The second-order valence-corrected chi connectivity index (χ2v) is 8.09. The molecule has 2 aromatic heterocycles. The maximum absolute atomic E-state index is 9.12. The summed E-state index contributed by atoms with van der Waals surface area (Å²) in [6, 6.07) is 28.8. The number of rotatable bonds is 7. The van der Waals surface area contributed by atoms with Crippen molar-refractivity contribution in [2.45, 2.75) is 20.0 Å². The molecule has 2 heterocycles. The van der Waals surface area contributed by atoms with E-state index >= 15 is 0 Å². The molecule has 0 spiro atoms. The summed E-state index contributed by atoms with van der Waals surface area (Å²) in [6.07, 6.45) is 6.41. The molecule has 0 aliphatic heterocycles. The van der Waals surface area contributed by atoms with E-state index in [1.165, 1.54) is 11.1 Å². The zero-order valence-electron chi connectivity index (χ0n) is 18.5. The van der Waals surface area contributed by atoms with Gasteiger partial charge in [0, 0.05) is 17.2 Å². The lowest BCUT2D eigenvalue weighted by atomic mass is 10.1. The summed E-state index contributed by atoms with van der Waals surface area (Å²) in [5.74, 6) is 0.639. The number of aromatic nitrogens is 3. The van der Waals surface area contributed by atoms with Crippen LogP contribution in [0.5, 0.6) is 5.75 Å². The number of hydrogen-bond donors (Lipinski definition) is 1. The molecular formula is C27H25BN3O2+2. The molecule has 161 valence electrons. The van der Waals surface area contributed by atoms with Crippen LogP contribution in [0.25, 0.3) is 16.7 Å². The Labute approximate surface area is 194 Å².